The lowest BCUT2D eigenvalue weighted by Gasteiger charge is -2.01. The lowest BCUT2D eigenvalue weighted by molar-refractivity contribution is 0.161. The van der Waals surface area contributed by atoms with Gasteiger partial charge in [-0.2, -0.15) is 0 Å². The van der Waals surface area contributed by atoms with Crippen molar-refractivity contribution in [2.75, 3.05) is 25.1 Å². The van der Waals surface area contributed by atoms with Gasteiger partial charge in [-0.15, -0.1) is 0 Å². The predicted octanol–water partition coefficient (Wildman–Crippen LogP) is 2.20. The van der Waals surface area contributed by atoms with Gasteiger partial charge < -0.3 is 20.5 Å². The number of hydrogen-bond acceptors (Lipinski definition) is 6. The number of thiazole rings is 1. The molecule has 0 saturated carbocycles. The largest absolute Gasteiger partial charge is 0.494 e. The molecule has 3 N–H and O–H groups in total. The van der Waals surface area contributed by atoms with Crippen LogP contribution in [0.3, 0.4) is 0 Å². The van der Waals surface area contributed by atoms with Crippen LogP contribution in [0, 0.1) is 0 Å². The number of benzene rings is 1. The van der Waals surface area contributed by atoms with Gasteiger partial charge in [0.25, 0.3) is 0 Å². The lowest BCUT2D eigenvalue weighted by atomic mass is 10.3. The van der Waals surface area contributed by atoms with Gasteiger partial charge in [-0.25, -0.2) is 9.78 Å². The van der Waals surface area contributed by atoms with Crippen molar-refractivity contribution in [3.05, 3.63) is 18.2 Å². The smallest absolute Gasteiger partial charge is 0.404 e. The summed E-state index contributed by atoms with van der Waals surface area (Å²) >= 11 is 1.52. The normalized spacial score (nSPS) is 10.4. The summed E-state index contributed by atoms with van der Waals surface area (Å²) in [6.07, 6.45) is -0.771. The fourth-order valence-electron chi connectivity index (χ4n) is 1.55. The highest BCUT2D eigenvalue weighted by atomic mass is 32.1. The minimum atomic E-state index is -0.771. The van der Waals surface area contributed by atoms with Gasteiger partial charge in [0.15, 0.2) is 5.13 Å². The van der Waals surface area contributed by atoms with Crippen molar-refractivity contribution < 1.29 is 14.3 Å². The average molecular weight is 281 g/mol. The fourth-order valence-corrected chi connectivity index (χ4v) is 2.47. The second kappa shape index (κ2) is 6.24. The Morgan fingerprint density at radius 2 is 2.37 bits per heavy atom. The second-order valence-electron chi connectivity index (χ2n) is 3.68. The average Bonchev–Trinajstić information content (AvgIpc) is 2.77. The maximum absolute atomic E-state index is 10.4. The van der Waals surface area contributed by atoms with Crippen LogP contribution in [-0.2, 0) is 4.74 Å². The van der Waals surface area contributed by atoms with E-state index in [1.165, 1.54) is 11.3 Å². The molecule has 1 aromatic carbocycles. The molecule has 1 heterocycles. The summed E-state index contributed by atoms with van der Waals surface area (Å²) < 4.78 is 11.1. The number of nitrogens with one attached hydrogen (secondary N) is 1. The van der Waals surface area contributed by atoms with Crippen LogP contribution in [0.25, 0.3) is 10.2 Å². The zero-order chi connectivity index (χ0) is 13.7. The van der Waals surface area contributed by atoms with Crippen LogP contribution in [0.4, 0.5) is 9.93 Å². The first-order valence-corrected chi connectivity index (χ1v) is 6.70. The number of rotatable bonds is 6. The zero-order valence-electron chi connectivity index (χ0n) is 10.5. The molecule has 0 spiro atoms. The van der Waals surface area contributed by atoms with E-state index in [1.54, 1.807) is 0 Å². The van der Waals surface area contributed by atoms with Gasteiger partial charge in [-0.1, -0.05) is 11.3 Å². The number of amides is 1. The number of anilines is 1. The van der Waals surface area contributed by atoms with Crippen LogP contribution in [-0.4, -0.2) is 30.8 Å². The highest BCUT2D eigenvalue weighted by Crippen LogP contribution is 2.29. The van der Waals surface area contributed by atoms with E-state index >= 15 is 0 Å². The summed E-state index contributed by atoms with van der Waals surface area (Å²) in [7, 11) is 0. The van der Waals surface area contributed by atoms with E-state index in [9.17, 15) is 4.79 Å². The zero-order valence-corrected chi connectivity index (χ0v) is 11.3. The second-order valence-corrected chi connectivity index (χ2v) is 4.71. The van der Waals surface area contributed by atoms with Crippen LogP contribution in [0.15, 0.2) is 18.2 Å². The Bertz CT molecular complexity index is 570. The molecule has 0 atom stereocenters. The number of aromatic nitrogens is 1. The van der Waals surface area contributed by atoms with E-state index in [1.807, 2.05) is 25.1 Å². The van der Waals surface area contributed by atoms with E-state index in [0.717, 1.165) is 21.1 Å². The number of nitrogens with zero attached hydrogens (tertiary/aromatic N) is 1. The first kappa shape index (κ1) is 13.4. The molecule has 102 valence electrons. The maximum atomic E-state index is 10.4. The number of carbonyl (C=O) groups is 1. The number of fused-ring (bicyclic) bond motifs is 1. The number of carbonyl (C=O) groups excluding carboxylic acids is 1. The Morgan fingerprint density at radius 1 is 1.53 bits per heavy atom. The summed E-state index contributed by atoms with van der Waals surface area (Å²) in [6, 6.07) is 5.77. The molecule has 1 aromatic heterocycles. The first-order chi connectivity index (χ1) is 9.19. The van der Waals surface area contributed by atoms with Crippen LogP contribution >= 0.6 is 11.3 Å². The van der Waals surface area contributed by atoms with E-state index in [4.69, 9.17) is 10.5 Å². The summed E-state index contributed by atoms with van der Waals surface area (Å²) in [5, 5.41) is 3.85. The summed E-state index contributed by atoms with van der Waals surface area (Å²) in [4.78, 5) is 14.8. The van der Waals surface area contributed by atoms with E-state index in [-0.39, 0.29) is 6.61 Å². The van der Waals surface area contributed by atoms with Gasteiger partial charge in [0, 0.05) is 0 Å². The van der Waals surface area contributed by atoms with Crippen molar-refractivity contribution in [1.29, 1.82) is 0 Å². The van der Waals surface area contributed by atoms with Gasteiger partial charge in [-0.3, -0.25) is 0 Å². The van der Waals surface area contributed by atoms with Gasteiger partial charge in [-0.05, 0) is 25.1 Å². The minimum absolute atomic E-state index is 0.218. The molecule has 0 saturated heterocycles. The minimum Gasteiger partial charge on any atom is -0.494 e. The lowest BCUT2D eigenvalue weighted by Crippen LogP contribution is -2.18. The highest BCUT2D eigenvalue weighted by molar-refractivity contribution is 7.22. The molecular weight excluding hydrogens is 266 g/mol. The Balaban J connectivity index is 1.98. The third-order valence-electron chi connectivity index (χ3n) is 2.29. The molecule has 0 aliphatic rings. The van der Waals surface area contributed by atoms with Crippen LogP contribution in [0.1, 0.15) is 6.92 Å². The first-order valence-electron chi connectivity index (χ1n) is 5.88. The van der Waals surface area contributed by atoms with Gasteiger partial charge in [0.2, 0.25) is 0 Å². The van der Waals surface area contributed by atoms with Crippen molar-refractivity contribution in [2.45, 2.75) is 6.92 Å². The molecule has 2 aromatic rings. The van der Waals surface area contributed by atoms with Crippen LogP contribution in [0.2, 0.25) is 0 Å². The molecule has 6 nitrogen and oxygen atoms in total. The Morgan fingerprint density at radius 3 is 3.11 bits per heavy atom. The number of hydrogen-bond donors (Lipinski definition) is 2. The molecule has 0 radical (unpaired) electrons. The van der Waals surface area contributed by atoms with Gasteiger partial charge in [0.05, 0.1) is 23.4 Å². The number of nitrogens with two attached hydrogens (primary N) is 1. The van der Waals surface area contributed by atoms with Crippen molar-refractivity contribution in [2.24, 2.45) is 5.73 Å². The molecule has 2 rings (SSSR count). The van der Waals surface area contributed by atoms with Crippen molar-refractivity contribution >= 4 is 32.8 Å². The molecule has 19 heavy (non-hydrogen) atoms. The number of ether oxygens (including phenoxy) is 2. The van der Waals surface area contributed by atoms with Crippen molar-refractivity contribution in [1.82, 2.24) is 4.98 Å². The quantitative estimate of drug-likeness (QED) is 0.793. The summed E-state index contributed by atoms with van der Waals surface area (Å²) in [6.45, 7) is 3.28. The maximum Gasteiger partial charge on any atom is 0.404 e. The third kappa shape index (κ3) is 3.72. The predicted molar refractivity (Wildman–Crippen MR) is 74.8 cm³/mol. The summed E-state index contributed by atoms with van der Waals surface area (Å²) in [5.41, 5.74) is 5.77. The van der Waals surface area contributed by atoms with E-state index in [0.29, 0.717) is 13.2 Å². The van der Waals surface area contributed by atoms with Gasteiger partial charge in [0.1, 0.15) is 12.4 Å². The standard InChI is InChI=1S/C12H15N3O3S/c1-2-17-8-3-4-9-10(7-8)19-12(15-9)14-5-6-18-11(13)16/h3-4,7H,2,5-6H2,1H3,(H2,13,16)(H,14,15). The highest BCUT2D eigenvalue weighted by Gasteiger charge is 2.05. The Labute approximate surface area is 114 Å². The molecular formula is C12H15N3O3S. The molecule has 0 aliphatic carbocycles. The van der Waals surface area contributed by atoms with E-state index in [2.05, 4.69) is 15.0 Å². The molecule has 0 fully saturated rings. The fraction of sp³-hybridized carbons (Fsp3) is 0.333. The Hall–Kier alpha value is -2.02. The monoisotopic (exact) mass is 281 g/mol. The number of primary amides is 1. The molecule has 7 heteroatoms. The third-order valence-corrected chi connectivity index (χ3v) is 3.27. The SMILES string of the molecule is CCOc1ccc2nc(NCCOC(N)=O)sc2c1. The van der Waals surface area contributed by atoms with Crippen molar-refractivity contribution in [3.63, 3.8) is 0 Å². The van der Waals surface area contributed by atoms with Crippen LogP contribution < -0.4 is 15.8 Å². The molecule has 0 aliphatic heterocycles. The van der Waals surface area contributed by atoms with Crippen molar-refractivity contribution in [3.8, 4) is 5.75 Å². The molecule has 0 unspecified atom stereocenters. The summed E-state index contributed by atoms with van der Waals surface area (Å²) in [5.74, 6) is 0.835. The Kier molecular flexibility index (Phi) is 4.40. The topological polar surface area (TPSA) is 86.5 Å². The van der Waals surface area contributed by atoms with Gasteiger partial charge >= 0.3 is 6.09 Å². The van der Waals surface area contributed by atoms with E-state index < -0.39 is 6.09 Å². The van der Waals surface area contributed by atoms with Crippen LogP contribution in [0.5, 0.6) is 5.75 Å². The molecule has 0 bridgehead atoms. The molecule has 1 amide bonds.